The van der Waals surface area contributed by atoms with Gasteiger partial charge in [-0.1, -0.05) is 23.7 Å². The van der Waals surface area contributed by atoms with Crippen LogP contribution in [0.4, 0.5) is 5.69 Å². The van der Waals surface area contributed by atoms with Gasteiger partial charge in [-0.2, -0.15) is 0 Å². The summed E-state index contributed by atoms with van der Waals surface area (Å²) in [6.07, 6.45) is 1.43. The minimum Gasteiger partial charge on any atom is -0.492 e. The van der Waals surface area contributed by atoms with Gasteiger partial charge >= 0.3 is 0 Å². The zero-order chi connectivity index (χ0) is 13.7. The molecule has 0 aliphatic carbocycles. The summed E-state index contributed by atoms with van der Waals surface area (Å²) in [5, 5.41) is 3.14. The highest BCUT2D eigenvalue weighted by molar-refractivity contribution is 6.29. The van der Waals surface area contributed by atoms with Gasteiger partial charge in [0.2, 0.25) is 0 Å². The van der Waals surface area contributed by atoms with E-state index in [9.17, 15) is 4.79 Å². The smallest absolute Gasteiger partial charge is 0.257 e. The number of pyridine rings is 1. The van der Waals surface area contributed by atoms with Crippen LogP contribution in [0, 0.1) is 0 Å². The molecule has 1 aromatic carbocycles. The van der Waals surface area contributed by atoms with E-state index in [1.54, 1.807) is 24.3 Å². The van der Waals surface area contributed by atoms with Crippen molar-refractivity contribution in [2.75, 3.05) is 11.9 Å². The number of carbonyl (C=O) groups is 1. The van der Waals surface area contributed by atoms with Gasteiger partial charge in [-0.3, -0.25) is 4.79 Å². The lowest BCUT2D eigenvalue weighted by Gasteiger charge is -2.11. The number of carbonyl (C=O) groups excluding carboxylic acids is 1. The molecule has 0 aliphatic heterocycles. The minimum absolute atomic E-state index is 0.253. The number of amides is 1. The van der Waals surface area contributed by atoms with Gasteiger partial charge in [0.25, 0.3) is 5.91 Å². The van der Waals surface area contributed by atoms with Crippen LogP contribution in [0.1, 0.15) is 17.3 Å². The molecule has 0 saturated carbocycles. The topological polar surface area (TPSA) is 51.2 Å². The molecule has 1 N–H and O–H groups in total. The Labute approximate surface area is 116 Å². The number of nitrogens with zero attached hydrogens (tertiary/aromatic N) is 1. The maximum Gasteiger partial charge on any atom is 0.257 e. The van der Waals surface area contributed by atoms with E-state index >= 15 is 0 Å². The molecule has 0 fully saturated rings. The summed E-state index contributed by atoms with van der Waals surface area (Å²) >= 11 is 5.68. The third kappa shape index (κ3) is 3.45. The van der Waals surface area contributed by atoms with Crippen molar-refractivity contribution in [2.45, 2.75) is 6.92 Å². The third-order valence-corrected chi connectivity index (χ3v) is 2.65. The molecule has 98 valence electrons. The number of halogens is 1. The van der Waals surface area contributed by atoms with E-state index in [2.05, 4.69) is 10.3 Å². The lowest BCUT2D eigenvalue weighted by molar-refractivity contribution is 0.102. The van der Waals surface area contributed by atoms with Crippen molar-refractivity contribution < 1.29 is 9.53 Å². The van der Waals surface area contributed by atoms with Crippen LogP contribution < -0.4 is 10.1 Å². The fraction of sp³-hybridized carbons (Fsp3) is 0.143. The van der Waals surface area contributed by atoms with Crippen molar-refractivity contribution in [3.8, 4) is 5.75 Å². The summed E-state index contributed by atoms with van der Waals surface area (Å²) in [6, 6.07) is 10.5. The van der Waals surface area contributed by atoms with Crippen LogP contribution in [0.15, 0.2) is 42.6 Å². The molecule has 0 bridgehead atoms. The van der Waals surface area contributed by atoms with Gasteiger partial charge in [-0.15, -0.1) is 0 Å². The van der Waals surface area contributed by atoms with Crippen LogP contribution in [-0.2, 0) is 0 Å². The third-order valence-electron chi connectivity index (χ3n) is 2.42. The Morgan fingerprint density at radius 1 is 1.32 bits per heavy atom. The monoisotopic (exact) mass is 276 g/mol. The first-order valence-electron chi connectivity index (χ1n) is 5.85. The SMILES string of the molecule is CCOc1ccccc1NC(=O)c1ccc(Cl)nc1. The summed E-state index contributed by atoms with van der Waals surface area (Å²) in [5.74, 6) is 0.386. The van der Waals surface area contributed by atoms with E-state index in [1.807, 2.05) is 19.1 Å². The highest BCUT2D eigenvalue weighted by Crippen LogP contribution is 2.24. The lowest BCUT2D eigenvalue weighted by atomic mass is 10.2. The largest absolute Gasteiger partial charge is 0.492 e. The van der Waals surface area contributed by atoms with Gasteiger partial charge in [0.15, 0.2) is 0 Å². The number of rotatable bonds is 4. The Balaban J connectivity index is 2.16. The molecule has 0 unspecified atom stereocenters. The van der Waals surface area contributed by atoms with Crippen molar-refractivity contribution in [1.82, 2.24) is 4.98 Å². The molecule has 2 aromatic rings. The molecule has 0 spiro atoms. The minimum atomic E-state index is -0.253. The Bertz CT molecular complexity index is 570. The summed E-state index contributed by atoms with van der Waals surface area (Å²) in [5.41, 5.74) is 1.07. The van der Waals surface area contributed by atoms with Crippen LogP contribution in [0.25, 0.3) is 0 Å². The number of benzene rings is 1. The molecule has 1 aromatic heterocycles. The highest BCUT2D eigenvalue weighted by atomic mass is 35.5. The van der Waals surface area contributed by atoms with Crippen LogP contribution in [0.2, 0.25) is 5.15 Å². The number of aromatic nitrogens is 1. The number of ether oxygens (including phenoxy) is 1. The van der Waals surface area contributed by atoms with Crippen molar-refractivity contribution in [2.24, 2.45) is 0 Å². The number of nitrogens with one attached hydrogen (secondary N) is 1. The van der Waals surface area contributed by atoms with E-state index in [0.29, 0.717) is 28.8 Å². The summed E-state index contributed by atoms with van der Waals surface area (Å²) in [6.45, 7) is 2.43. The van der Waals surface area contributed by atoms with E-state index in [1.165, 1.54) is 6.20 Å². The fourth-order valence-corrected chi connectivity index (χ4v) is 1.67. The predicted molar refractivity (Wildman–Crippen MR) is 74.8 cm³/mol. The highest BCUT2D eigenvalue weighted by Gasteiger charge is 2.09. The standard InChI is InChI=1S/C14H13ClN2O2/c1-2-19-12-6-4-3-5-11(12)17-14(18)10-7-8-13(15)16-9-10/h3-9H,2H2,1H3,(H,17,18). The zero-order valence-electron chi connectivity index (χ0n) is 10.4. The lowest BCUT2D eigenvalue weighted by Crippen LogP contribution is -2.13. The second kappa shape index (κ2) is 6.20. The molecule has 0 saturated heterocycles. The Kier molecular flexibility index (Phi) is 4.36. The van der Waals surface area contributed by atoms with Crippen LogP contribution >= 0.6 is 11.6 Å². The Hall–Kier alpha value is -2.07. The average molecular weight is 277 g/mol. The van der Waals surface area contributed by atoms with Gasteiger partial charge in [-0.25, -0.2) is 4.98 Å². The molecule has 0 atom stereocenters. The predicted octanol–water partition coefficient (Wildman–Crippen LogP) is 3.39. The number of hydrogen-bond donors (Lipinski definition) is 1. The van der Waals surface area contributed by atoms with Crippen LogP contribution in [0.5, 0.6) is 5.75 Å². The maximum absolute atomic E-state index is 12.0. The van der Waals surface area contributed by atoms with Crippen molar-refractivity contribution in [3.63, 3.8) is 0 Å². The Morgan fingerprint density at radius 2 is 2.11 bits per heavy atom. The molecule has 1 amide bonds. The van der Waals surface area contributed by atoms with E-state index in [-0.39, 0.29) is 5.91 Å². The van der Waals surface area contributed by atoms with Crippen LogP contribution in [0.3, 0.4) is 0 Å². The summed E-state index contributed by atoms with van der Waals surface area (Å²) in [4.78, 5) is 15.9. The first kappa shape index (κ1) is 13.4. The number of anilines is 1. The molecule has 1 heterocycles. The summed E-state index contributed by atoms with van der Waals surface area (Å²) < 4.78 is 5.44. The zero-order valence-corrected chi connectivity index (χ0v) is 11.1. The second-order valence-corrected chi connectivity index (χ2v) is 4.14. The molecular formula is C14H13ClN2O2. The second-order valence-electron chi connectivity index (χ2n) is 3.75. The van der Waals surface area contributed by atoms with E-state index in [0.717, 1.165) is 0 Å². The summed E-state index contributed by atoms with van der Waals surface area (Å²) in [7, 11) is 0. The van der Waals surface area contributed by atoms with Gasteiger partial charge in [0.1, 0.15) is 10.9 Å². The molecule has 0 aliphatic rings. The van der Waals surface area contributed by atoms with Gasteiger partial charge < -0.3 is 10.1 Å². The fourth-order valence-electron chi connectivity index (χ4n) is 1.56. The first-order valence-corrected chi connectivity index (χ1v) is 6.23. The molecule has 19 heavy (non-hydrogen) atoms. The molecule has 5 heteroatoms. The quantitative estimate of drug-likeness (QED) is 0.871. The van der Waals surface area contributed by atoms with Gasteiger partial charge in [-0.05, 0) is 31.2 Å². The van der Waals surface area contributed by atoms with E-state index in [4.69, 9.17) is 16.3 Å². The molecular weight excluding hydrogens is 264 g/mol. The van der Waals surface area contributed by atoms with Crippen molar-refractivity contribution >= 4 is 23.2 Å². The van der Waals surface area contributed by atoms with Gasteiger partial charge in [0.05, 0.1) is 17.9 Å². The number of para-hydroxylation sites is 2. The van der Waals surface area contributed by atoms with E-state index < -0.39 is 0 Å². The normalized spacial score (nSPS) is 10.0. The van der Waals surface area contributed by atoms with Crippen LogP contribution in [-0.4, -0.2) is 17.5 Å². The molecule has 0 radical (unpaired) electrons. The number of hydrogen-bond acceptors (Lipinski definition) is 3. The molecule has 2 rings (SSSR count). The maximum atomic E-state index is 12.0. The Morgan fingerprint density at radius 3 is 2.79 bits per heavy atom. The first-order chi connectivity index (χ1) is 9.20. The van der Waals surface area contributed by atoms with Crippen molar-refractivity contribution in [1.29, 1.82) is 0 Å². The molecule has 4 nitrogen and oxygen atoms in total. The van der Waals surface area contributed by atoms with Crippen molar-refractivity contribution in [3.05, 3.63) is 53.3 Å². The average Bonchev–Trinajstić information content (AvgIpc) is 2.42. The van der Waals surface area contributed by atoms with Gasteiger partial charge in [0, 0.05) is 6.20 Å².